The minimum atomic E-state index is -0.354. The third-order valence-corrected chi connectivity index (χ3v) is 5.98. The van der Waals surface area contributed by atoms with Gasteiger partial charge < -0.3 is 15.5 Å². The molecule has 0 unspecified atom stereocenters. The number of amides is 1. The molecule has 3 rings (SSSR count). The minimum absolute atomic E-state index is 0.130. The van der Waals surface area contributed by atoms with Crippen LogP contribution in [0.15, 0.2) is 24.3 Å². The number of para-hydroxylation sites is 1. The Bertz CT molecular complexity index is 674. The van der Waals surface area contributed by atoms with E-state index in [2.05, 4.69) is 15.5 Å². The van der Waals surface area contributed by atoms with Crippen molar-refractivity contribution < 1.29 is 4.79 Å². The van der Waals surface area contributed by atoms with Crippen molar-refractivity contribution in [1.29, 1.82) is 0 Å². The van der Waals surface area contributed by atoms with Crippen LogP contribution >= 0.6 is 23.8 Å². The Kier molecular flexibility index (Phi) is 5.78. The Morgan fingerprint density at radius 3 is 2.38 bits per heavy atom. The fraction of sp³-hybridized carbons (Fsp3) is 0.600. The van der Waals surface area contributed by atoms with Crippen LogP contribution in [0.25, 0.3) is 0 Å². The predicted octanol–water partition coefficient (Wildman–Crippen LogP) is 4.58. The van der Waals surface area contributed by atoms with Crippen molar-refractivity contribution in [3.63, 3.8) is 0 Å². The molecule has 1 aromatic carbocycles. The fourth-order valence-corrected chi connectivity index (χ4v) is 4.57. The molecule has 0 saturated carbocycles. The van der Waals surface area contributed by atoms with Crippen LogP contribution in [0.5, 0.6) is 0 Å². The number of nitrogens with zero attached hydrogens (tertiary/aromatic N) is 1. The van der Waals surface area contributed by atoms with E-state index in [1.807, 2.05) is 45.0 Å². The third-order valence-electron chi connectivity index (χ3n) is 5.34. The van der Waals surface area contributed by atoms with Crippen LogP contribution in [0, 0.1) is 5.41 Å². The Labute approximate surface area is 166 Å². The van der Waals surface area contributed by atoms with Gasteiger partial charge in [0.25, 0.3) is 0 Å². The van der Waals surface area contributed by atoms with E-state index >= 15 is 0 Å². The van der Waals surface area contributed by atoms with Gasteiger partial charge in [0.1, 0.15) is 0 Å². The number of carbonyl (C=O) groups is 1. The highest BCUT2D eigenvalue weighted by molar-refractivity contribution is 7.80. The second kappa shape index (κ2) is 7.73. The molecule has 1 amide bonds. The zero-order valence-corrected chi connectivity index (χ0v) is 17.3. The first-order valence-electron chi connectivity index (χ1n) is 9.40. The van der Waals surface area contributed by atoms with Gasteiger partial charge in [-0.3, -0.25) is 4.79 Å². The second-order valence-corrected chi connectivity index (χ2v) is 9.24. The molecule has 2 saturated heterocycles. The fourth-order valence-electron chi connectivity index (χ4n) is 3.98. The number of rotatable bonds is 2. The number of fused-ring (bicyclic) bond motifs is 2. The molecule has 0 aromatic heterocycles. The summed E-state index contributed by atoms with van der Waals surface area (Å²) in [6.45, 7) is 5.88. The molecule has 0 aliphatic carbocycles. The molecule has 142 valence electrons. The van der Waals surface area contributed by atoms with Crippen LogP contribution in [-0.4, -0.2) is 34.0 Å². The van der Waals surface area contributed by atoms with E-state index in [1.54, 1.807) is 0 Å². The van der Waals surface area contributed by atoms with Crippen LogP contribution in [0.1, 0.15) is 52.9 Å². The zero-order valence-electron chi connectivity index (χ0n) is 15.7. The number of anilines is 1. The topological polar surface area (TPSA) is 44.4 Å². The number of nitrogens with one attached hydrogen (secondary N) is 2. The lowest BCUT2D eigenvalue weighted by molar-refractivity contribution is -0.129. The molecule has 2 heterocycles. The first kappa shape index (κ1) is 19.4. The van der Waals surface area contributed by atoms with Crippen LogP contribution in [0.4, 0.5) is 5.69 Å². The standard InChI is InChI=1S/C20H28ClN3OS/c1-20(2,3)18(25)22-13-11-14-7-6-8-15(12-13)24(14)19(26)23-17-10-5-4-9-16(17)21/h4-5,9-10,13-15H,6-8,11-12H2,1-3H3,(H,22,25)(H,23,26)/t14-,15-/m0/s1. The van der Waals surface area contributed by atoms with Gasteiger partial charge in [0.15, 0.2) is 5.11 Å². The maximum absolute atomic E-state index is 12.4. The monoisotopic (exact) mass is 393 g/mol. The summed E-state index contributed by atoms with van der Waals surface area (Å²) in [7, 11) is 0. The molecule has 26 heavy (non-hydrogen) atoms. The number of hydrogen-bond donors (Lipinski definition) is 2. The number of hydrogen-bond acceptors (Lipinski definition) is 2. The smallest absolute Gasteiger partial charge is 0.225 e. The Morgan fingerprint density at radius 2 is 1.81 bits per heavy atom. The summed E-state index contributed by atoms with van der Waals surface area (Å²) in [5.41, 5.74) is 0.494. The Hall–Kier alpha value is -1.33. The Morgan fingerprint density at radius 1 is 1.19 bits per heavy atom. The van der Waals surface area contributed by atoms with Crippen molar-refractivity contribution in [2.45, 2.75) is 71.0 Å². The summed E-state index contributed by atoms with van der Waals surface area (Å²) in [6.07, 6.45) is 5.34. The van der Waals surface area contributed by atoms with Crippen molar-refractivity contribution in [3.8, 4) is 0 Å². The summed E-state index contributed by atoms with van der Waals surface area (Å²) >= 11 is 12.0. The lowest BCUT2D eigenvalue weighted by Gasteiger charge is -2.50. The van der Waals surface area contributed by atoms with Gasteiger partial charge in [-0.15, -0.1) is 0 Å². The third kappa shape index (κ3) is 4.32. The van der Waals surface area contributed by atoms with E-state index in [0.717, 1.165) is 36.5 Å². The molecule has 2 bridgehead atoms. The van der Waals surface area contributed by atoms with E-state index < -0.39 is 0 Å². The van der Waals surface area contributed by atoms with Crippen molar-refractivity contribution >= 4 is 40.5 Å². The SMILES string of the molecule is CC(C)(C)C(=O)NC1C[C@@H]2CCC[C@@H](C1)N2C(=S)Nc1ccccc1Cl. The summed E-state index contributed by atoms with van der Waals surface area (Å²) in [5.74, 6) is 0.130. The zero-order chi connectivity index (χ0) is 18.9. The van der Waals surface area contributed by atoms with E-state index in [-0.39, 0.29) is 17.4 Å². The highest BCUT2D eigenvalue weighted by Crippen LogP contribution is 2.35. The largest absolute Gasteiger partial charge is 0.353 e. The first-order valence-corrected chi connectivity index (χ1v) is 10.2. The van der Waals surface area contributed by atoms with E-state index in [0.29, 0.717) is 17.1 Å². The lowest BCUT2D eigenvalue weighted by Crippen LogP contribution is -2.60. The first-order chi connectivity index (χ1) is 12.3. The van der Waals surface area contributed by atoms with Gasteiger partial charge >= 0.3 is 0 Å². The van der Waals surface area contributed by atoms with E-state index in [9.17, 15) is 4.79 Å². The molecular weight excluding hydrogens is 366 g/mol. The second-order valence-electron chi connectivity index (χ2n) is 8.45. The summed E-state index contributed by atoms with van der Waals surface area (Å²) in [6, 6.07) is 8.64. The van der Waals surface area contributed by atoms with Crippen LogP contribution in [0.2, 0.25) is 5.02 Å². The predicted molar refractivity (Wildman–Crippen MR) is 112 cm³/mol. The summed E-state index contributed by atoms with van der Waals surface area (Å²) in [4.78, 5) is 14.7. The van der Waals surface area contributed by atoms with Gasteiger partial charge in [-0.1, -0.05) is 44.5 Å². The maximum atomic E-state index is 12.4. The van der Waals surface area contributed by atoms with Crippen molar-refractivity contribution in [2.24, 2.45) is 5.41 Å². The van der Waals surface area contributed by atoms with Gasteiger partial charge in [0.2, 0.25) is 5.91 Å². The highest BCUT2D eigenvalue weighted by atomic mass is 35.5. The molecule has 2 aliphatic rings. The van der Waals surface area contributed by atoms with Crippen LogP contribution in [-0.2, 0) is 4.79 Å². The van der Waals surface area contributed by atoms with Crippen molar-refractivity contribution in [1.82, 2.24) is 10.2 Å². The molecule has 1 aromatic rings. The lowest BCUT2D eigenvalue weighted by atomic mass is 9.81. The average Bonchev–Trinajstić information content (AvgIpc) is 2.55. The minimum Gasteiger partial charge on any atom is -0.353 e. The molecule has 4 nitrogen and oxygen atoms in total. The summed E-state index contributed by atoms with van der Waals surface area (Å²) < 4.78 is 0. The quantitative estimate of drug-likeness (QED) is 0.721. The molecule has 2 aliphatic heterocycles. The van der Waals surface area contributed by atoms with E-state index in [4.69, 9.17) is 23.8 Å². The van der Waals surface area contributed by atoms with Gasteiger partial charge in [-0.05, 0) is 56.5 Å². The summed E-state index contributed by atoms with van der Waals surface area (Å²) in [5, 5.41) is 8.00. The van der Waals surface area contributed by atoms with Crippen LogP contribution < -0.4 is 10.6 Å². The van der Waals surface area contributed by atoms with Crippen molar-refractivity contribution in [3.05, 3.63) is 29.3 Å². The molecule has 2 N–H and O–H groups in total. The number of carbonyl (C=O) groups excluding carboxylic acids is 1. The van der Waals surface area contributed by atoms with Gasteiger partial charge in [0, 0.05) is 23.5 Å². The van der Waals surface area contributed by atoms with Gasteiger partial charge in [-0.25, -0.2) is 0 Å². The Balaban J connectivity index is 1.68. The maximum Gasteiger partial charge on any atom is 0.225 e. The number of benzene rings is 1. The molecule has 2 fully saturated rings. The van der Waals surface area contributed by atoms with E-state index in [1.165, 1.54) is 6.42 Å². The molecular formula is C20H28ClN3OS. The molecule has 2 atom stereocenters. The van der Waals surface area contributed by atoms with Gasteiger partial charge in [0.05, 0.1) is 10.7 Å². The number of thiocarbonyl (C=S) groups is 1. The normalized spacial score (nSPS) is 25.5. The molecule has 6 heteroatoms. The number of halogens is 1. The number of piperidine rings is 2. The molecule has 0 spiro atoms. The van der Waals surface area contributed by atoms with Gasteiger partial charge in [-0.2, -0.15) is 0 Å². The molecule has 0 radical (unpaired) electrons. The van der Waals surface area contributed by atoms with Crippen molar-refractivity contribution in [2.75, 3.05) is 5.32 Å². The highest BCUT2D eigenvalue weighted by Gasteiger charge is 2.40. The van der Waals surface area contributed by atoms with Crippen LogP contribution in [0.3, 0.4) is 0 Å². The average molecular weight is 394 g/mol.